The number of hydrogen-bond acceptors (Lipinski definition) is 6. The molecule has 0 saturated carbocycles. The number of hydrogen-bond donors (Lipinski definition) is 2. The van der Waals surface area contributed by atoms with Crippen LogP contribution in [0.1, 0.15) is 0 Å². The number of benzene rings is 1. The summed E-state index contributed by atoms with van der Waals surface area (Å²) in [4.78, 5) is 18.1. The van der Waals surface area contributed by atoms with Gasteiger partial charge in [-0.05, 0) is 24.3 Å². The van der Waals surface area contributed by atoms with E-state index >= 15 is 0 Å². The van der Waals surface area contributed by atoms with E-state index in [2.05, 4.69) is 20.5 Å². The molecule has 0 saturated heterocycles. The van der Waals surface area contributed by atoms with Gasteiger partial charge in [-0.1, -0.05) is 4.99 Å². The van der Waals surface area contributed by atoms with Gasteiger partial charge in [-0.2, -0.15) is 5.90 Å². The molecule has 0 atom stereocenters. The maximum absolute atomic E-state index is 10.6. The summed E-state index contributed by atoms with van der Waals surface area (Å²) in [6.45, 7) is 0. The van der Waals surface area contributed by atoms with Gasteiger partial charge in [0, 0.05) is 5.69 Å². The van der Waals surface area contributed by atoms with Crippen molar-refractivity contribution in [1.29, 1.82) is 0 Å². The molecule has 0 fully saturated rings. The van der Waals surface area contributed by atoms with E-state index in [4.69, 9.17) is 5.73 Å². The number of ether oxygens (including phenoxy) is 1. The summed E-state index contributed by atoms with van der Waals surface area (Å²) < 4.78 is 4.59. The second-order valence-corrected chi connectivity index (χ2v) is 2.10. The molecule has 1 rings (SSSR count). The first-order valence-corrected chi connectivity index (χ1v) is 3.33. The van der Waals surface area contributed by atoms with Gasteiger partial charge in [-0.3, -0.25) is 0 Å². The number of carbonyl (C=O) groups is 1. The van der Waals surface area contributed by atoms with Crippen LogP contribution in [0.4, 0.5) is 10.5 Å². The highest BCUT2D eigenvalue weighted by Crippen LogP contribution is 2.13. The highest BCUT2D eigenvalue weighted by Gasteiger charge is 2.05. The van der Waals surface area contributed by atoms with Crippen LogP contribution in [0.5, 0.6) is 5.75 Å². The highest BCUT2D eigenvalue weighted by molar-refractivity contribution is 5.63. The molecule has 4 N–H and O–H groups in total. The molecule has 0 heterocycles. The predicted molar refractivity (Wildman–Crippen MR) is 43.2 cm³/mol. The molecule has 0 aliphatic carbocycles. The van der Waals surface area contributed by atoms with Gasteiger partial charge in [0.05, 0.1) is 0 Å². The Kier molecular flexibility index (Phi) is 3.07. The molecule has 13 heavy (non-hydrogen) atoms. The molecule has 0 radical (unpaired) electrons. The van der Waals surface area contributed by atoms with E-state index in [1.54, 1.807) is 12.1 Å². The Labute approximate surface area is 73.9 Å². The van der Waals surface area contributed by atoms with Crippen LogP contribution in [0, 0.1) is 0 Å². The lowest BCUT2D eigenvalue weighted by atomic mass is 10.3. The van der Waals surface area contributed by atoms with Crippen molar-refractivity contribution in [3.8, 4) is 5.75 Å². The van der Waals surface area contributed by atoms with E-state index in [0.717, 1.165) is 0 Å². The van der Waals surface area contributed by atoms with E-state index in [9.17, 15) is 4.79 Å². The fourth-order valence-electron chi connectivity index (χ4n) is 0.688. The standard InChI is InChI=1S/C7H8N2O4/c8-5-1-3-6(4-2-5)11-7(10)12-13-9/h1-4H,8-9H2. The van der Waals surface area contributed by atoms with E-state index in [1.807, 2.05) is 0 Å². The lowest BCUT2D eigenvalue weighted by Crippen LogP contribution is -2.13. The Morgan fingerprint density at radius 2 is 1.85 bits per heavy atom. The van der Waals surface area contributed by atoms with Crippen LogP contribution < -0.4 is 16.4 Å². The van der Waals surface area contributed by atoms with Crippen molar-refractivity contribution in [1.82, 2.24) is 0 Å². The van der Waals surface area contributed by atoms with Crippen LogP contribution >= 0.6 is 0 Å². The Morgan fingerprint density at radius 1 is 1.23 bits per heavy atom. The second kappa shape index (κ2) is 4.29. The van der Waals surface area contributed by atoms with Crippen LogP contribution in [0.25, 0.3) is 0 Å². The average molecular weight is 184 g/mol. The summed E-state index contributed by atoms with van der Waals surface area (Å²) >= 11 is 0. The minimum Gasteiger partial charge on any atom is -0.399 e. The highest BCUT2D eigenvalue weighted by atomic mass is 17.3. The molecule has 70 valence electrons. The zero-order valence-electron chi connectivity index (χ0n) is 6.60. The van der Waals surface area contributed by atoms with Gasteiger partial charge >= 0.3 is 6.16 Å². The van der Waals surface area contributed by atoms with Gasteiger partial charge in [0.15, 0.2) is 0 Å². The quantitative estimate of drug-likeness (QED) is 0.229. The zero-order valence-corrected chi connectivity index (χ0v) is 6.60. The van der Waals surface area contributed by atoms with E-state index in [1.165, 1.54) is 12.1 Å². The van der Waals surface area contributed by atoms with Gasteiger partial charge in [0.25, 0.3) is 0 Å². The lowest BCUT2D eigenvalue weighted by molar-refractivity contribution is -0.253. The second-order valence-electron chi connectivity index (χ2n) is 2.10. The number of anilines is 1. The molecule has 0 aromatic heterocycles. The number of rotatable bonds is 2. The maximum atomic E-state index is 10.6. The van der Waals surface area contributed by atoms with Gasteiger partial charge in [-0.15, -0.1) is 0 Å². The monoisotopic (exact) mass is 184 g/mol. The molecule has 1 aromatic carbocycles. The largest absolute Gasteiger partial charge is 0.547 e. The molecule has 0 spiro atoms. The molecule has 0 aliphatic rings. The SMILES string of the molecule is NOOC(=O)Oc1ccc(N)cc1. The number of nitrogens with two attached hydrogens (primary N) is 2. The normalized spacial score (nSPS) is 9.31. The zero-order chi connectivity index (χ0) is 9.68. The summed E-state index contributed by atoms with van der Waals surface area (Å²) in [6.07, 6.45) is -1.05. The van der Waals surface area contributed by atoms with Crippen molar-refractivity contribution in [2.75, 3.05) is 5.73 Å². The Morgan fingerprint density at radius 3 is 2.38 bits per heavy atom. The fraction of sp³-hybridized carbons (Fsp3) is 0. The van der Waals surface area contributed by atoms with Gasteiger partial charge in [0.1, 0.15) is 5.75 Å². The summed E-state index contributed by atoms with van der Waals surface area (Å²) in [7, 11) is 0. The predicted octanol–water partition coefficient (Wildman–Crippen LogP) is 0.590. The van der Waals surface area contributed by atoms with Crippen molar-refractivity contribution < 1.29 is 19.4 Å². The lowest BCUT2D eigenvalue weighted by Gasteiger charge is -2.01. The average Bonchev–Trinajstić information content (AvgIpc) is 2.09. The Bertz CT molecular complexity index is 285. The number of carbonyl (C=O) groups excluding carboxylic acids is 1. The molecular formula is C7H8N2O4. The third kappa shape index (κ3) is 2.97. The van der Waals surface area contributed by atoms with Crippen molar-refractivity contribution in [3.63, 3.8) is 0 Å². The Balaban J connectivity index is 2.54. The minimum absolute atomic E-state index is 0.288. The van der Waals surface area contributed by atoms with Gasteiger partial charge in [0.2, 0.25) is 0 Å². The third-order valence-electron chi connectivity index (χ3n) is 1.20. The first kappa shape index (κ1) is 9.30. The van der Waals surface area contributed by atoms with Crippen molar-refractivity contribution >= 4 is 11.8 Å². The van der Waals surface area contributed by atoms with Crippen LogP contribution in [0.3, 0.4) is 0 Å². The Hall–Kier alpha value is -1.79. The van der Waals surface area contributed by atoms with Crippen LogP contribution in [-0.4, -0.2) is 6.16 Å². The van der Waals surface area contributed by atoms with Crippen molar-refractivity contribution in [2.45, 2.75) is 0 Å². The van der Waals surface area contributed by atoms with E-state index < -0.39 is 6.16 Å². The summed E-state index contributed by atoms with van der Waals surface area (Å²) in [5, 5.41) is 0. The van der Waals surface area contributed by atoms with Crippen LogP contribution in [0.2, 0.25) is 0 Å². The topological polar surface area (TPSA) is 96.8 Å². The molecule has 0 aliphatic heterocycles. The first-order valence-electron chi connectivity index (χ1n) is 3.33. The smallest absolute Gasteiger partial charge is 0.399 e. The minimum atomic E-state index is -1.05. The van der Waals surface area contributed by atoms with Crippen LogP contribution in [0.15, 0.2) is 24.3 Å². The summed E-state index contributed by atoms with van der Waals surface area (Å²) in [5.41, 5.74) is 5.97. The summed E-state index contributed by atoms with van der Waals surface area (Å²) in [5.74, 6) is 4.75. The van der Waals surface area contributed by atoms with E-state index in [-0.39, 0.29) is 5.75 Å². The van der Waals surface area contributed by atoms with Gasteiger partial charge < -0.3 is 10.5 Å². The fourth-order valence-corrected chi connectivity index (χ4v) is 0.688. The molecule has 0 unspecified atom stereocenters. The van der Waals surface area contributed by atoms with E-state index in [0.29, 0.717) is 5.69 Å². The molecule has 6 heteroatoms. The maximum Gasteiger partial charge on any atom is 0.547 e. The third-order valence-corrected chi connectivity index (χ3v) is 1.20. The molecular weight excluding hydrogens is 176 g/mol. The molecule has 0 bridgehead atoms. The van der Waals surface area contributed by atoms with Crippen molar-refractivity contribution in [2.24, 2.45) is 5.90 Å². The molecule has 1 aromatic rings. The van der Waals surface area contributed by atoms with Gasteiger partial charge in [-0.25, -0.2) is 9.68 Å². The molecule has 0 amide bonds. The number of nitrogen functional groups attached to an aromatic ring is 1. The first-order chi connectivity index (χ1) is 6.22. The summed E-state index contributed by atoms with van der Waals surface area (Å²) in [6, 6.07) is 6.16. The van der Waals surface area contributed by atoms with Crippen LogP contribution in [-0.2, 0) is 9.88 Å². The molecule has 6 nitrogen and oxygen atoms in total. The van der Waals surface area contributed by atoms with Crippen molar-refractivity contribution in [3.05, 3.63) is 24.3 Å².